The number of aromatic nitrogens is 2. The number of nitrogens with zero attached hydrogens (tertiary/aromatic N) is 4. The van der Waals surface area contributed by atoms with Gasteiger partial charge in [0.1, 0.15) is 6.61 Å². The number of carboxylic acid groups (broad SMARTS) is 1. The van der Waals surface area contributed by atoms with Crippen LogP contribution in [-0.4, -0.2) is 56.0 Å². The molecule has 4 fully saturated rings. The highest BCUT2D eigenvalue weighted by atomic mass is 16.6. The summed E-state index contributed by atoms with van der Waals surface area (Å²) in [5.74, 6) is 0.455. The molecule has 6 rings (SSSR count). The van der Waals surface area contributed by atoms with E-state index in [1.807, 2.05) is 28.8 Å². The molecule has 2 aromatic rings. The first-order chi connectivity index (χ1) is 18.5. The van der Waals surface area contributed by atoms with Crippen molar-refractivity contribution in [2.24, 2.45) is 17.0 Å². The third-order valence-corrected chi connectivity index (χ3v) is 9.65. The number of aliphatic carboxylic acids is 1. The van der Waals surface area contributed by atoms with Gasteiger partial charge >= 0.3 is 5.97 Å². The topological polar surface area (TPSA) is 97.0 Å². The minimum Gasteiger partial charge on any atom is -0.476 e. The van der Waals surface area contributed by atoms with Crippen LogP contribution in [0.1, 0.15) is 95.7 Å². The van der Waals surface area contributed by atoms with Gasteiger partial charge in [0.15, 0.2) is 5.69 Å². The molecule has 1 aromatic carbocycles. The van der Waals surface area contributed by atoms with Gasteiger partial charge in [-0.3, -0.25) is 9.69 Å². The maximum absolute atomic E-state index is 14.0. The van der Waals surface area contributed by atoms with Crippen molar-refractivity contribution < 1.29 is 14.7 Å². The van der Waals surface area contributed by atoms with Crippen molar-refractivity contribution in [1.29, 1.82) is 0 Å². The molecule has 0 spiro atoms. The van der Waals surface area contributed by atoms with Crippen molar-refractivity contribution in [2.75, 3.05) is 6.61 Å². The van der Waals surface area contributed by atoms with Gasteiger partial charge in [0.25, 0.3) is 5.56 Å². The number of hydrogen-bond acceptors (Lipinski definition) is 6. The Bertz CT molecular complexity index is 1240. The average Bonchev–Trinajstić information content (AvgIpc) is 3.07. The number of rotatable bonds is 6. The van der Waals surface area contributed by atoms with Gasteiger partial charge < -0.3 is 14.5 Å². The summed E-state index contributed by atoms with van der Waals surface area (Å²) in [5.41, 5.74) is 0.413. The number of piperidine rings is 2. The summed E-state index contributed by atoms with van der Waals surface area (Å²) in [7, 11) is 0. The van der Waals surface area contributed by atoms with Crippen LogP contribution in [0.3, 0.4) is 0 Å². The zero-order valence-electron chi connectivity index (χ0n) is 22.4. The lowest BCUT2D eigenvalue weighted by atomic mass is 9.73. The van der Waals surface area contributed by atoms with Gasteiger partial charge in [-0.1, -0.05) is 49.4 Å². The van der Waals surface area contributed by atoms with Crippen molar-refractivity contribution in [3.63, 3.8) is 0 Å². The van der Waals surface area contributed by atoms with E-state index in [1.165, 1.54) is 64.2 Å². The van der Waals surface area contributed by atoms with Gasteiger partial charge in [-0.2, -0.15) is 0 Å². The zero-order valence-corrected chi connectivity index (χ0v) is 22.4. The standard InChI is InChI=1S/C30H40N4O4/c1-2-38-32-28(30(36)37)27-29(35)34(26-13-6-5-12-25(26)31-27)24-17-21-10-7-11-22(18-24)33(21)23-15-19-8-3-4-9-20(14-19)16-23/h5-6,12-13,19-24H,2-4,7-11,14-18H2,1H3,(H,36,37)/b32-28+/t19?,20?,21-,22?,23?,24?/m1/s1. The Kier molecular flexibility index (Phi) is 7.25. The SMILES string of the molecule is CCO/N=C(/C(=O)O)c1nc2ccccc2n(C2CC3CCC[C@H](C2)N3C2CC3CCCCC(C3)C2)c1=O. The summed E-state index contributed by atoms with van der Waals surface area (Å²) in [4.78, 5) is 38.4. The van der Waals surface area contributed by atoms with Crippen LogP contribution in [-0.2, 0) is 9.63 Å². The van der Waals surface area contributed by atoms with E-state index >= 15 is 0 Å². The predicted molar refractivity (Wildman–Crippen MR) is 146 cm³/mol. The quantitative estimate of drug-likeness (QED) is 0.419. The summed E-state index contributed by atoms with van der Waals surface area (Å²) >= 11 is 0. The molecule has 0 radical (unpaired) electrons. The molecule has 2 saturated heterocycles. The molecular weight excluding hydrogens is 480 g/mol. The third-order valence-electron chi connectivity index (χ3n) is 9.65. The number of carboxylic acids is 1. The Morgan fingerprint density at radius 1 is 0.947 bits per heavy atom. The van der Waals surface area contributed by atoms with Crippen LogP contribution in [0.25, 0.3) is 11.0 Å². The lowest BCUT2D eigenvalue weighted by molar-refractivity contribution is -0.129. The van der Waals surface area contributed by atoms with Crippen LogP contribution in [0.15, 0.2) is 34.2 Å². The van der Waals surface area contributed by atoms with Crippen LogP contribution < -0.4 is 5.56 Å². The third kappa shape index (κ3) is 4.76. The molecule has 2 aliphatic carbocycles. The first-order valence-corrected chi connectivity index (χ1v) is 14.8. The Labute approximate surface area is 224 Å². The van der Waals surface area contributed by atoms with Crippen LogP contribution in [0, 0.1) is 11.8 Å². The van der Waals surface area contributed by atoms with E-state index in [1.54, 1.807) is 6.92 Å². The predicted octanol–water partition coefficient (Wildman–Crippen LogP) is 5.14. The van der Waals surface area contributed by atoms with Crippen molar-refractivity contribution >= 4 is 22.7 Å². The molecule has 38 heavy (non-hydrogen) atoms. The van der Waals surface area contributed by atoms with Crippen LogP contribution >= 0.6 is 0 Å². The monoisotopic (exact) mass is 520 g/mol. The minimum absolute atomic E-state index is 0.00806. The molecular formula is C30H40N4O4. The van der Waals surface area contributed by atoms with Gasteiger partial charge in [-0.25, -0.2) is 9.78 Å². The highest BCUT2D eigenvalue weighted by Crippen LogP contribution is 2.47. The van der Waals surface area contributed by atoms with Gasteiger partial charge in [0.2, 0.25) is 5.71 Å². The second kappa shape index (κ2) is 10.8. The summed E-state index contributed by atoms with van der Waals surface area (Å²) in [5, 5.41) is 13.6. The second-order valence-electron chi connectivity index (χ2n) is 12.0. The second-order valence-corrected chi connectivity index (χ2v) is 12.0. The van der Waals surface area contributed by atoms with E-state index in [0.29, 0.717) is 23.6 Å². The summed E-state index contributed by atoms with van der Waals surface area (Å²) < 4.78 is 1.84. The molecule has 2 aliphatic heterocycles. The molecule has 4 bridgehead atoms. The van der Waals surface area contributed by atoms with Crippen LogP contribution in [0.2, 0.25) is 0 Å². The first-order valence-electron chi connectivity index (χ1n) is 14.8. The fraction of sp³-hybridized carbons (Fsp3) is 0.667. The van der Waals surface area contributed by atoms with Gasteiger partial charge in [0.05, 0.1) is 11.0 Å². The molecule has 0 amide bonds. The minimum atomic E-state index is -1.31. The summed E-state index contributed by atoms with van der Waals surface area (Å²) in [6.45, 7) is 1.94. The Morgan fingerprint density at radius 2 is 1.63 bits per heavy atom. The van der Waals surface area contributed by atoms with Crippen molar-refractivity contribution in [3.8, 4) is 0 Å². The molecule has 204 valence electrons. The molecule has 5 atom stereocenters. The highest BCUT2D eigenvalue weighted by Gasteiger charge is 2.45. The summed E-state index contributed by atoms with van der Waals surface area (Å²) in [6.07, 6.45) is 15.1. The lowest BCUT2D eigenvalue weighted by Crippen LogP contribution is -2.58. The molecule has 8 heteroatoms. The van der Waals surface area contributed by atoms with E-state index in [4.69, 9.17) is 4.84 Å². The highest BCUT2D eigenvalue weighted by molar-refractivity contribution is 6.41. The van der Waals surface area contributed by atoms with E-state index in [-0.39, 0.29) is 23.9 Å². The maximum Gasteiger partial charge on any atom is 0.360 e. The molecule has 1 aromatic heterocycles. The van der Waals surface area contributed by atoms with Crippen molar-refractivity contribution in [3.05, 3.63) is 40.3 Å². The fourth-order valence-electron chi connectivity index (χ4n) is 8.29. The van der Waals surface area contributed by atoms with E-state index in [0.717, 1.165) is 30.2 Å². The van der Waals surface area contributed by atoms with E-state index in [2.05, 4.69) is 15.0 Å². The van der Waals surface area contributed by atoms with E-state index in [9.17, 15) is 14.7 Å². The molecule has 2 saturated carbocycles. The number of para-hydroxylation sites is 2. The molecule has 4 aliphatic rings. The number of oxime groups is 1. The molecule has 3 heterocycles. The van der Waals surface area contributed by atoms with Crippen LogP contribution in [0.4, 0.5) is 0 Å². The number of fused-ring (bicyclic) bond motifs is 5. The normalized spacial score (nSPS) is 32.1. The molecule has 8 nitrogen and oxygen atoms in total. The van der Waals surface area contributed by atoms with E-state index < -0.39 is 11.7 Å². The largest absolute Gasteiger partial charge is 0.476 e. The van der Waals surface area contributed by atoms with Crippen molar-refractivity contribution in [1.82, 2.24) is 14.5 Å². The lowest BCUT2D eigenvalue weighted by Gasteiger charge is -2.54. The smallest absolute Gasteiger partial charge is 0.360 e. The molecule has 1 N–H and O–H groups in total. The van der Waals surface area contributed by atoms with Gasteiger partial charge in [0, 0.05) is 24.2 Å². The number of carbonyl (C=O) groups is 1. The van der Waals surface area contributed by atoms with Gasteiger partial charge in [-0.15, -0.1) is 0 Å². The number of benzene rings is 1. The van der Waals surface area contributed by atoms with Crippen LogP contribution in [0.5, 0.6) is 0 Å². The summed E-state index contributed by atoms with van der Waals surface area (Å²) in [6, 6.07) is 9.18. The fourth-order valence-corrected chi connectivity index (χ4v) is 8.29. The Hall–Kier alpha value is -2.74. The Balaban J connectivity index is 1.36. The maximum atomic E-state index is 14.0. The van der Waals surface area contributed by atoms with Gasteiger partial charge in [-0.05, 0) is 75.8 Å². The first kappa shape index (κ1) is 25.5. The Morgan fingerprint density at radius 3 is 2.29 bits per heavy atom. The number of hydrogen-bond donors (Lipinski definition) is 1. The zero-order chi connectivity index (χ0) is 26.2. The molecule has 4 unspecified atom stereocenters. The van der Waals surface area contributed by atoms with Crippen molar-refractivity contribution in [2.45, 2.75) is 108 Å². The average molecular weight is 521 g/mol.